The van der Waals surface area contributed by atoms with Crippen LogP contribution >= 0.6 is 8.58 Å². The first-order chi connectivity index (χ1) is 13.8. The van der Waals surface area contributed by atoms with Gasteiger partial charge in [-0.1, -0.05) is 26.0 Å². The third kappa shape index (κ3) is 7.56. The third-order valence-electron chi connectivity index (χ3n) is 4.31. The minimum absolute atomic E-state index is 0. The molecule has 2 aromatic rings. The van der Waals surface area contributed by atoms with Crippen LogP contribution < -0.4 is 10.0 Å². The summed E-state index contributed by atoms with van der Waals surface area (Å²) in [6, 6.07) is 6.32. The van der Waals surface area contributed by atoms with Gasteiger partial charge < -0.3 is 4.74 Å². The van der Waals surface area contributed by atoms with Crippen LogP contribution in [0.2, 0.25) is 0 Å². The number of alkyl halides is 6. The molecule has 1 atom stereocenters. The van der Waals surface area contributed by atoms with Crippen LogP contribution in [0.25, 0.3) is 0 Å². The van der Waals surface area contributed by atoms with E-state index < -0.39 is 43.1 Å². The molecule has 0 aliphatic heterocycles. The van der Waals surface area contributed by atoms with Crippen LogP contribution in [-0.2, 0) is 12.4 Å². The molecular weight excluding hydrogens is 436 g/mol. The van der Waals surface area contributed by atoms with Crippen molar-refractivity contribution in [2.24, 2.45) is 5.92 Å². The molecule has 31 heavy (non-hydrogen) atoms. The van der Waals surface area contributed by atoms with Crippen molar-refractivity contribution in [3.05, 3.63) is 58.7 Å². The van der Waals surface area contributed by atoms with E-state index in [1.165, 1.54) is 6.07 Å². The number of hydrogen-bond acceptors (Lipinski definition) is 2. The van der Waals surface area contributed by atoms with Crippen molar-refractivity contribution in [3.63, 3.8) is 0 Å². The molecule has 2 aromatic carbocycles. The summed E-state index contributed by atoms with van der Waals surface area (Å²) in [5.74, 6) is 0.974. The van der Waals surface area contributed by atoms with E-state index in [1.54, 1.807) is 19.1 Å². The number of carbonyl (C=O) groups excluding carboxylic acids is 1. The van der Waals surface area contributed by atoms with E-state index in [1.807, 2.05) is 13.8 Å². The Kier molecular flexibility index (Phi) is 9.68. The average molecular weight is 458 g/mol. The van der Waals surface area contributed by atoms with Crippen molar-refractivity contribution in [2.75, 3.05) is 6.61 Å². The Labute approximate surface area is 190 Å². The normalized spacial score (nSPS) is 12.3. The first-order valence-electron chi connectivity index (χ1n) is 9.13. The molecule has 0 heterocycles. The van der Waals surface area contributed by atoms with E-state index in [0.717, 1.165) is 6.42 Å². The maximum atomic E-state index is 13.3. The SMILES string of the molecule is Cc1cc(OCCC(C)C)ccc1PC(=O)c1c(C(F)(F)F)cccc1C(F)(F)F.[LiH]. The zero-order valence-electron chi connectivity index (χ0n) is 16.5. The molecule has 0 saturated carbocycles. The fourth-order valence-corrected chi connectivity index (χ4v) is 3.81. The molecule has 2 nitrogen and oxygen atoms in total. The molecule has 166 valence electrons. The molecule has 10 heteroatoms. The fourth-order valence-electron chi connectivity index (χ4n) is 2.73. The molecule has 0 saturated heterocycles. The summed E-state index contributed by atoms with van der Waals surface area (Å²) in [4.78, 5) is 12.6. The summed E-state index contributed by atoms with van der Waals surface area (Å²) in [6.45, 7) is 6.19. The second kappa shape index (κ2) is 10.9. The molecular formula is C21H22F6LiO2P. The maximum absolute atomic E-state index is 13.3. The second-order valence-electron chi connectivity index (χ2n) is 7.19. The van der Waals surface area contributed by atoms with Gasteiger partial charge in [-0.05, 0) is 63.0 Å². The molecule has 0 bridgehead atoms. The quantitative estimate of drug-likeness (QED) is 0.291. The topological polar surface area (TPSA) is 26.3 Å². The molecule has 2 rings (SSSR count). The Morgan fingerprint density at radius 3 is 2.00 bits per heavy atom. The van der Waals surface area contributed by atoms with E-state index in [4.69, 9.17) is 4.74 Å². The van der Waals surface area contributed by atoms with Crippen LogP contribution in [0.3, 0.4) is 0 Å². The zero-order chi connectivity index (χ0) is 22.7. The van der Waals surface area contributed by atoms with Crippen molar-refractivity contribution in [2.45, 2.75) is 39.5 Å². The van der Waals surface area contributed by atoms with Crippen LogP contribution in [-0.4, -0.2) is 31.0 Å². The van der Waals surface area contributed by atoms with Crippen LogP contribution in [0.5, 0.6) is 5.75 Å². The molecule has 0 amide bonds. The first-order valence-corrected chi connectivity index (χ1v) is 10.1. The summed E-state index contributed by atoms with van der Waals surface area (Å²) in [5, 5.41) is 0.362. The molecule has 0 aliphatic rings. The van der Waals surface area contributed by atoms with Gasteiger partial charge in [-0.15, -0.1) is 0 Å². The Balaban J connectivity index is 0.00000480. The van der Waals surface area contributed by atoms with Crippen LogP contribution in [0.4, 0.5) is 26.3 Å². The van der Waals surface area contributed by atoms with Gasteiger partial charge >= 0.3 is 31.2 Å². The number of halogens is 6. The van der Waals surface area contributed by atoms with E-state index in [0.29, 0.717) is 47.3 Å². The first kappa shape index (κ1) is 27.6. The number of ether oxygens (including phenoxy) is 1. The van der Waals surface area contributed by atoms with Gasteiger partial charge in [0, 0.05) is 5.56 Å². The predicted octanol–water partition coefficient (Wildman–Crippen LogP) is 5.95. The number of carbonyl (C=O) groups is 1. The summed E-state index contributed by atoms with van der Waals surface area (Å²) < 4.78 is 85.3. The van der Waals surface area contributed by atoms with Crippen LogP contribution in [0, 0.1) is 12.8 Å². The molecule has 0 N–H and O–H groups in total. The third-order valence-corrected chi connectivity index (χ3v) is 5.62. The van der Waals surface area contributed by atoms with E-state index >= 15 is 0 Å². The molecule has 0 aliphatic carbocycles. The van der Waals surface area contributed by atoms with E-state index in [2.05, 4.69) is 0 Å². The number of hydrogen-bond donors (Lipinski definition) is 0. The predicted molar refractivity (Wildman–Crippen MR) is 112 cm³/mol. The van der Waals surface area contributed by atoms with Gasteiger partial charge in [0.1, 0.15) is 5.75 Å². The van der Waals surface area contributed by atoms with Gasteiger partial charge in [-0.2, -0.15) is 26.3 Å². The van der Waals surface area contributed by atoms with E-state index in [-0.39, 0.29) is 18.9 Å². The monoisotopic (exact) mass is 458 g/mol. The molecule has 0 radical (unpaired) electrons. The number of rotatable bonds is 7. The minimum atomic E-state index is -5.08. The van der Waals surface area contributed by atoms with Gasteiger partial charge in [0.2, 0.25) is 0 Å². The average Bonchev–Trinajstić information content (AvgIpc) is 2.61. The van der Waals surface area contributed by atoms with Crippen molar-refractivity contribution >= 4 is 38.3 Å². The molecule has 0 aromatic heterocycles. The van der Waals surface area contributed by atoms with Crippen LogP contribution in [0.15, 0.2) is 36.4 Å². The summed E-state index contributed by atoms with van der Waals surface area (Å²) in [7, 11) is -0.894. The molecule has 0 spiro atoms. The Morgan fingerprint density at radius 2 is 1.55 bits per heavy atom. The molecule has 1 unspecified atom stereocenters. The summed E-state index contributed by atoms with van der Waals surface area (Å²) in [6.07, 6.45) is -9.34. The summed E-state index contributed by atoms with van der Waals surface area (Å²) in [5.41, 5.74) is -5.16. The summed E-state index contributed by atoms with van der Waals surface area (Å²) >= 11 is 0. The Morgan fingerprint density at radius 1 is 1.00 bits per heavy atom. The Hall–Kier alpha value is -1.48. The van der Waals surface area contributed by atoms with Gasteiger partial charge in [-0.25, -0.2) is 0 Å². The van der Waals surface area contributed by atoms with Crippen molar-refractivity contribution < 1.29 is 35.9 Å². The van der Waals surface area contributed by atoms with Gasteiger partial charge in [0.15, 0.2) is 5.52 Å². The Bertz CT molecular complexity index is 877. The standard InChI is InChI=1S/C21H21F6O2P.Li.H/c1-12(2)9-10-29-14-7-8-17(13(3)11-14)30-19(28)18-15(20(22,23)24)5-4-6-16(18)21(25,26)27;;/h4-8,11-12,30H,9-10H2,1-3H3;;. The van der Waals surface area contributed by atoms with Crippen molar-refractivity contribution in [1.29, 1.82) is 0 Å². The van der Waals surface area contributed by atoms with E-state index in [9.17, 15) is 31.1 Å². The second-order valence-corrected chi connectivity index (χ2v) is 8.43. The van der Waals surface area contributed by atoms with Gasteiger partial charge in [0.05, 0.1) is 17.7 Å². The zero-order valence-corrected chi connectivity index (χ0v) is 17.5. The van der Waals surface area contributed by atoms with Gasteiger partial charge in [0.25, 0.3) is 0 Å². The number of aryl methyl sites for hydroxylation is 1. The number of benzene rings is 2. The van der Waals surface area contributed by atoms with Crippen LogP contribution in [0.1, 0.15) is 47.3 Å². The van der Waals surface area contributed by atoms with Gasteiger partial charge in [-0.3, -0.25) is 4.79 Å². The fraction of sp³-hybridized carbons (Fsp3) is 0.381. The van der Waals surface area contributed by atoms with Crippen molar-refractivity contribution in [3.8, 4) is 5.75 Å². The molecule has 0 fully saturated rings. The van der Waals surface area contributed by atoms with Crippen molar-refractivity contribution in [1.82, 2.24) is 0 Å².